The third-order valence-corrected chi connectivity index (χ3v) is 11.6. The molecule has 30 heavy (non-hydrogen) atoms. The number of benzene rings is 4. The molecule has 1 atom stereocenters. The minimum atomic E-state index is 0.135. The molecule has 0 spiro atoms. The van der Waals surface area contributed by atoms with E-state index in [2.05, 4.69) is 121 Å². The maximum absolute atomic E-state index is 2.34. The van der Waals surface area contributed by atoms with Gasteiger partial charge in [-0.2, -0.15) is 0 Å². The van der Waals surface area contributed by atoms with Crippen molar-refractivity contribution in [3.05, 3.63) is 144 Å². The molecule has 0 aliphatic heterocycles. The normalized spacial score (nSPS) is 12.7. The van der Waals surface area contributed by atoms with Crippen molar-refractivity contribution in [2.45, 2.75) is 18.2 Å². The molecule has 0 saturated heterocycles. The number of rotatable bonds is 7. The fourth-order valence-corrected chi connectivity index (χ4v) is 6.77. The molecule has 0 aromatic heterocycles. The third-order valence-electron chi connectivity index (χ3n) is 6.73. The molecular weight excluding hydrogens is 382 g/mol. The number of hydrogen-bond donors (Lipinski definition) is 0. The van der Waals surface area contributed by atoms with Gasteiger partial charge >= 0.3 is 218 Å². The van der Waals surface area contributed by atoms with Gasteiger partial charge in [-0.15, -0.1) is 0 Å². The average molecular weight is 406 g/mol. The van der Waals surface area contributed by atoms with Gasteiger partial charge in [-0.1, -0.05) is 0 Å². The molecule has 4 rings (SSSR count). The van der Waals surface area contributed by atoms with Crippen LogP contribution in [0.5, 0.6) is 0 Å². The predicted molar refractivity (Wildman–Crippen MR) is 128 cm³/mol. The summed E-state index contributed by atoms with van der Waals surface area (Å²) in [5.41, 5.74) is 5.80. The monoisotopic (exact) mass is 406 g/mol. The summed E-state index contributed by atoms with van der Waals surface area (Å²) >= 11 is 2.24. The summed E-state index contributed by atoms with van der Waals surface area (Å²) in [6, 6.07) is 44.6. The molecule has 1 unspecified atom stereocenters. The molecule has 0 heterocycles. The van der Waals surface area contributed by atoms with Crippen molar-refractivity contribution in [3.8, 4) is 0 Å². The van der Waals surface area contributed by atoms with Gasteiger partial charge in [0.15, 0.2) is 0 Å². The quantitative estimate of drug-likeness (QED) is 0.317. The molecule has 0 fully saturated rings. The molecule has 138 valence electrons. The van der Waals surface area contributed by atoms with Crippen LogP contribution < -0.4 is 0 Å². The van der Waals surface area contributed by atoms with E-state index in [1.165, 1.54) is 28.7 Å². The van der Waals surface area contributed by atoms with Crippen LogP contribution >= 0.6 is 0 Å². The van der Waals surface area contributed by atoms with Crippen LogP contribution in [0.1, 0.15) is 34.6 Å². The van der Waals surface area contributed by atoms with E-state index in [1.807, 2.05) is 0 Å². The zero-order valence-electron chi connectivity index (χ0n) is 17.9. The van der Waals surface area contributed by atoms with E-state index in [-0.39, 0.29) is 2.66 Å². The first-order chi connectivity index (χ1) is 14.7. The van der Waals surface area contributed by atoms with Gasteiger partial charge < -0.3 is 0 Å². The second-order valence-electron chi connectivity index (χ2n) is 8.45. The summed E-state index contributed by atoms with van der Waals surface area (Å²) in [5, 5.41) is 0. The molecule has 0 N–H and O–H groups in total. The maximum atomic E-state index is 2.34. The van der Waals surface area contributed by atoms with Gasteiger partial charge in [0.05, 0.1) is 0 Å². The molecule has 0 saturated carbocycles. The van der Waals surface area contributed by atoms with E-state index in [0.717, 1.165) is 55.9 Å². The van der Waals surface area contributed by atoms with Crippen LogP contribution in [-0.2, 0) is 2.66 Å². The Morgan fingerprint density at radius 3 is 1.23 bits per heavy atom. The average Bonchev–Trinajstić information content (AvgIpc) is 2.84. The summed E-state index contributed by atoms with van der Waals surface area (Å²) < 4.78 is 0.774. The van der Waals surface area contributed by atoms with Crippen LogP contribution in [-0.4, -0.2) is 55.9 Å². The Kier molecular flexibility index (Phi) is 7.70. The first kappa shape index (κ1) is 22.1. The summed E-state index contributed by atoms with van der Waals surface area (Å²) in [7, 11) is 0. The van der Waals surface area contributed by atoms with Gasteiger partial charge in [0.25, 0.3) is 0 Å². The zero-order valence-corrected chi connectivity index (χ0v) is 21.9. The zero-order chi connectivity index (χ0) is 20.8. The van der Waals surface area contributed by atoms with E-state index in [1.54, 1.807) is 0 Å². The summed E-state index contributed by atoms with van der Waals surface area (Å²) in [4.78, 5) is 0. The van der Waals surface area contributed by atoms with Crippen LogP contribution in [0.15, 0.2) is 121 Å². The summed E-state index contributed by atoms with van der Waals surface area (Å²) in [5.74, 6) is 0.427. The molecular formula is C28H24Na2. The van der Waals surface area contributed by atoms with E-state index < -0.39 is 0 Å². The number of hydrogen-bond acceptors (Lipinski definition) is 0. The first-order valence-electron chi connectivity index (χ1n) is 10.9. The molecule has 0 aliphatic rings. The third kappa shape index (κ3) is 4.86. The van der Waals surface area contributed by atoms with Crippen molar-refractivity contribution in [3.63, 3.8) is 0 Å². The molecule has 0 amide bonds. The second kappa shape index (κ2) is 10.5. The molecule has 0 nitrogen and oxygen atoms in total. The molecule has 4 aromatic rings. The first-order valence-corrected chi connectivity index (χ1v) is 13.1. The van der Waals surface area contributed by atoms with Gasteiger partial charge in [-0.05, 0) is 0 Å². The van der Waals surface area contributed by atoms with Crippen molar-refractivity contribution in [2.24, 2.45) is 0 Å². The Morgan fingerprint density at radius 2 is 0.867 bits per heavy atom. The fourth-order valence-electron chi connectivity index (χ4n) is 4.73. The second-order valence-corrected chi connectivity index (χ2v) is 11.4. The van der Waals surface area contributed by atoms with Crippen molar-refractivity contribution >= 4 is 55.9 Å². The van der Waals surface area contributed by atoms with E-state index in [4.69, 9.17) is 0 Å². The Hall–Kier alpha value is -1.12. The molecule has 0 aliphatic carbocycles. The summed E-state index contributed by atoms with van der Waals surface area (Å²) in [6.07, 6.45) is 1.17. The Bertz CT molecular complexity index is 952. The summed E-state index contributed by atoms with van der Waals surface area (Å²) in [6.45, 7) is 0. The molecule has 2 heteroatoms. The van der Waals surface area contributed by atoms with Crippen LogP contribution in [0.3, 0.4) is 0 Å². The fraction of sp³-hybridized carbons (Fsp3) is 0.143. The predicted octanol–water partition coefficient (Wildman–Crippen LogP) is 6.28. The van der Waals surface area contributed by atoms with Crippen molar-refractivity contribution in [1.82, 2.24) is 0 Å². The van der Waals surface area contributed by atoms with Crippen molar-refractivity contribution < 1.29 is 0 Å². The minimum absolute atomic E-state index is 0.135. The van der Waals surface area contributed by atoms with Gasteiger partial charge in [-0.25, -0.2) is 0 Å². The molecule has 0 radical (unpaired) electrons. The van der Waals surface area contributed by atoms with Crippen LogP contribution in [0.25, 0.3) is 0 Å². The van der Waals surface area contributed by atoms with Gasteiger partial charge in [0, 0.05) is 0 Å². The van der Waals surface area contributed by atoms with Gasteiger partial charge in [0.2, 0.25) is 0 Å². The van der Waals surface area contributed by atoms with Crippen LogP contribution in [0.4, 0.5) is 0 Å². The SMILES string of the molecule is [Na][CH](CC(c1ccccc1)c1ccccc1)[C]([Na])(c1ccccc1)c1ccccc1. The Labute approximate surface area is 215 Å². The van der Waals surface area contributed by atoms with Gasteiger partial charge in [0.1, 0.15) is 0 Å². The standard InChI is InChI=1S/C28H24.2Na/c1-5-13-23(14-6-1)27(24-15-7-2-8-16-24)21-22-28(25-17-9-3-10-18-25)26-19-11-4-12-20-26;;/h1-21,28H,22H2;;. The van der Waals surface area contributed by atoms with Crippen LogP contribution in [0.2, 0.25) is 3.17 Å². The van der Waals surface area contributed by atoms with Crippen molar-refractivity contribution in [1.29, 1.82) is 0 Å². The Balaban J connectivity index is 1.76. The van der Waals surface area contributed by atoms with E-state index in [0.29, 0.717) is 9.09 Å². The van der Waals surface area contributed by atoms with Crippen molar-refractivity contribution in [2.75, 3.05) is 0 Å². The van der Waals surface area contributed by atoms with Crippen LogP contribution in [0, 0.1) is 0 Å². The molecule has 4 aromatic carbocycles. The molecule has 0 bridgehead atoms. The topological polar surface area (TPSA) is 0 Å². The van der Waals surface area contributed by atoms with E-state index >= 15 is 0 Å². The van der Waals surface area contributed by atoms with E-state index in [9.17, 15) is 0 Å². The van der Waals surface area contributed by atoms with Gasteiger partial charge in [-0.3, -0.25) is 0 Å². The Morgan fingerprint density at radius 1 is 0.533 bits per heavy atom.